The third kappa shape index (κ3) is 4.91. The molecule has 0 amide bonds. The Bertz CT molecular complexity index is 579. The Hall–Kier alpha value is -0.940. The van der Waals surface area contributed by atoms with E-state index in [-0.39, 0.29) is 18.7 Å². The molecule has 0 aromatic heterocycles. The molecule has 0 saturated heterocycles. The third-order valence-electron chi connectivity index (χ3n) is 2.22. The van der Waals surface area contributed by atoms with Crippen LogP contribution < -0.4 is 4.72 Å². The number of benzene rings is 1. The van der Waals surface area contributed by atoms with Crippen molar-refractivity contribution < 1.29 is 22.7 Å². The molecule has 1 aromatic rings. The first kappa shape index (κ1) is 16.1. The number of rotatable bonds is 6. The van der Waals surface area contributed by atoms with Gasteiger partial charge in [-0.25, -0.2) is 4.39 Å². The van der Waals surface area contributed by atoms with E-state index in [4.69, 9.17) is 5.11 Å². The van der Waals surface area contributed by atoms with Crippen LogP contribution in [0.2, 0.25) is 0 Å². The Labute approximate surface area is 123 Å². The van der Waals surface area contributed by atoms with Gasteiger partial charge in [0, 0.05) is 17.2 Å². The van der Waals surface area contributed by atoms with Crippen LogP contribution in [0.1, 0.15) is 6.42 Å². The molecule has 1 aromatic carbocycles. The summed E-state index contributed by atoms with van der Waals surface area (Å²) >= 11 is 1.80. The van der Waals surface area contributed by atoms with Crippen LogP contribution in [-0.2, 0) is 15.0 Å². The monoisotopic (exact) mass is 402 g/mol. The third-order valence-corrected chi connectivity index (χ3v) is 4.59. The normalized spacial score (nSPS) is 11.6. The van der Waals surface area contributed by atoms with Gasteiger partial charge in [0.1, 0.15) is 5.82 Å². The summed E-state index contributed by atoms with van der Waals surface area (Å²) in [6.45, 7) is -0.150. The van der Waals surface area contributed by atoms with E-state index < -0.39 is 22.0 Å². The van der Waals surface area contributed by atoms with Gasteiger partial charge < -0.3 is 5.11 Å². The Morgan fingerprint density at radius 3 is 2.68 bits per heavy atom. The summed E-state index contributed by atoms with van der Waals surface area (Å²) in [4.78, 5) is 10.4. The molecule has 0 aliphatic rings. The molecule has 0 spiro atoms. The molecule has 0 heterocycles. The topological polar surface area (TPSA) is 86.7 Å². The van der Waals surface area contributed by atoms with E-state index in [1.54, 1.807) is 22.6 Å². The SMILES string of the molecule is CN(CCC(=O)O)S(=O)(=O)Nc1ccc(F)cc1I. The second kappa shape index (κ2) is 6.48. The lowest BCUT2D eigenvalue weighted by atomic mass is 10.3. The van der Waals surface area contributed by atoms with Gasteiger partial charge in [-0.05, 0) is 40.8 Å². The summed E-state index contributed by atoms with van der Waals surface area (Å²) < 4.78 is 40.2. The van der Waals surface area contributed by atoms with Crippen LogP contribution in [-0.4, -0.2) is 37.4 Å². The number of halogens is 2. The van der Waals surface area contributed by atoms with Crippen molar-refractivity contribution in [3.8, 4) is 0 Å². The molecule has 1 rings (SSSR count). The lowest BCUT2D eigenvalue weighted by Crippen LogP contribution is -2.34. The van der Waals surface area contributed by atoms with Gasteiger partial charge in [0.25, 0.3) is 0 Å². The minimum atomic E-state index is -3.85. The fraction of sp³-hybridized carbons (Fsp3) is 0.300. The first-order valence-electron chi connectivity index (χ1n) is 5.13. The molecule has 6 nitrogen and oxygen atoms in total. The van der Waals surface area contributed by atoms with Gasteiger partial charge in [-0.1, -0.05) is 0 Å². The molecule has 0 atom stereocenters. The highest BCUT2D eigenvalue weighted by Crippen LogP contribution is 2.20. The lowest BCUT2D eigenvalue weighted by Gasteiger charge is -2.18. The predicted molar refractivity (Wildman–Crippen MR) is 76.5 cm³/mol. The molecule has 2 N–H and O–H groups in total. The standard InChI is InChI=1S/C10H12FIN2O4S/c1-14(5-4-10(15)16)19(17,18)13-9-3-2-7(11)6-8(9)12/h2-3,6,13H,4-5H2,1H3,(H,15,16). The van der Waals surface area contributed by atoms with Crippen molar-refractivity contribution in [3.05, 3.63) is 27.6 Å². The van der Waals surface area contributed by atoms with Crippen molar-refractivity contribution in [2.24, 2.45) is 0 Å². The highest BCUT2D eigenvalue weighted by molar-refractivity contribution is 14.1. The van der Waals surface area contributed by atoms with Gasteiger partial charge in [0.15, 0.2) is 0 Å². The first-order chi connectivity index (χ1) is 8.72. The van der Waals surface area contributed by atoms with E-state index in [0.29, 0.717) is 3.57 Å². The van der Waals surface area contributed by atoms with Crippen molar-refractivity contribution in [2.75, 3.05) is 18.3 Å². The Morgan fingerprint density at radius 2 is 2.16 bits per heavy atom. The predicted octanol–water partition coefficient (Wildman–Crippen LogP) is 1.49. The number of hydrogen-bond acceptors (Lipinski definition) is 3. The van der Waals surface area contributed by atoms with Gasteiger partial charge in [-0.3, -0.25) is 9.52 Å². The molecular formula is C10H12FIN2O4S. The summed E-state index contributed by atoms with van der Waals surface area (Å²) in [5.74, 6) is -1.55. The first-order valence-corrected chi connectivity index (χ1v) is 7.65. The Kier molecular flexibility index (Phi) is 5.50. The smallest absolute Gasteiger partial charge is 0.304 e. The largest absolute Gasteiger partial charge is 0.481 e. The van der Waals surface area contributed by atoms with Gasteiger partial charge >= 0.3 is 16.2 Å². The van der Waals surface area contributed by atoms with Gasteiger partial charge in [0.2, 0.25) is 0 Å². The number of nitrogens with zero attached hydrogens (tertiary/aromatic N) is 1. The van der Waals surface area contributed by atoms with Crippen LogP contribution in [0.4, 0.5) is 10.1 Å². The number of carboxylic acid groups (broad SMARTS) is 1. The highest BCUT2D eigenvalue weighted by atomic mass is 127. The highest BCUT2D eigenvalue weighted by Gasteiger charge is 2.19. The maximum absolute atomic E-state index is 12.9. The average Bonchev–Trinajstić information content (AvgIpc) is 2.29. The molecule has 9 heteroatoms. The molecule has 0 saturated carbocycles. The molecular weight excluding hydrogens is 390 g/mol. The van der Waals surface area contributed by atoms with E-state index in [2.05, 4.69) is 4.72 Å². The number of hydrogen-bond donors (Lipinski definition) is 2. The molecule has 19 heavy (non-hydrogen) atoms. The van der Waals surface area contributed by atoms with E-state index in [9.17, 15) is 17.6 Å². The zero-order valence-corrected chi connectivity index (χ0v) is 12.9. The molecule has 0 unspecified atom stereocenters. The second-order valence-corrected chi connectivity index (χ2v) is 6.64. The van der Waals surface area contributed by atoms with Crippen molar-refractivity contribution in [2.45, 2.75) is 6.42 Å². The van der Waals surface area contributed by atoms with E-state index in [1.165, 1.54) is 19.2 Å². The number of aliphatic carboxylic acids is 1. The van der Waals surface area contributed by atoms with Gasteiger partial charge in [-0.15, -0.1) is 0 Å². The zero-order valence-electron chi connectivity index (χ0n) is 9.93. The van der Waals surface area contributed by atoms with Crippen molar-refractivity contribution >= 4 is 44.5 Å². The van der Waals surface area contributed by atoms with Crippen LogP contribution in [0.5, 0.6) is 0 Å². The minimum absolute atomic E-state index is 0.150. The van der Waals surface area contributed by atoms with E-state index >= 15 is 0 Å². The Morgan fingerprint density at radius 1 is 1.53 bits per heavy atom. The summed E-state index contributed by atoms with van der Waals surface area (Å²) in [5, 5.41) is 8.51. The summed E-state index contributed by atoms with van der Waals surface area (Å²) in [6.07, 6.45) is -0.294. The molecule has 0 radical (unpaired) electrons. The molecule has 0 fully saturated rings. The van der Waals surface area contributed by atoms with Crippen molar-refractivity contribution in [3.63, 3.8) is 0 Å². The van der Waals surface area contributed by atoms with E-state index in [0.717, 1.165) is 10.4 Å². The molecule has 0 bridgehead atoms. The molecule has 0 aliphatic heterocycles. The summed E-state index contributed by atoms with van der Waals surface area (Å²) in [5.41, 5.74) is 0.240. The maximum atomic E-state index is 12.9. The van der Waals surface area contributed by atoms with Crippen LogP contribution >= 0.6 is 22.6 Å². The van der Waals surface area contributed by atoms with E-state index in [1.807, 2.05) is 0 Å². The summed E-state index contributed by atoms with van der Waals surface area (Å²) in [6, 6.07) is 3.63. The Balaban J connectivity index is 2.81. The fourth-order valence-corrected chi connectivity index (χ4v) is 2.90. The number of nitrogens with one attached hydrogen (secondary N) is 1. The average molecular weight is 402 g/mol. The second-order valence-electron chi connectivity index (χ2n) is 3.70. The van der Waals surface area contributed by atoms with Gasteiger partial charge in [0.05, 0.1) is 12.1 Å². The van der Waals surface area contributed by atoms with Crippen LogP contribution in [0, 0.1) is 9.39 Å². The maximum Gasteiger partial charge on any atom is 0.304 e. The number of carboxylic acids is 1. The number of carbonyl (C=O) groups is 1. The van der Waals surface area contributed by atoms with Crippen LogP contribution in [0.3, 0.4) is 0 Å². The lowest BCUT2D eigenvalue weighted by molar-refractivity contribution is -0.137. The summed E-state index contributed by atoms with van der Waals surface area (Å²) in [7, 11) is -2.59. The van der Waals surface area contributed by atoms with Crippen LogP contribution in [0.25, 0.3) is 0 Å². The quantitative estimate of drug-likeness (QED) is 0.707. The van der Waals surface area contributed by atoms with Crippen molar-refractivity contribution in [1.82, 2.24) is 4.31 Å². The minimum Gasteiger partial charge on any atom is -0.481 e. The number of anilines is 1. The van der Waals surface area contributed by atoms with Crippen molar-refractivity contribution in [1.29, 1.82) is 0 Å². The van der Waals surface area contributed by atoms with Gasteiger partial charge in [-0.2, -0.15) is 12.7 Å². The zero-order chi connectivity index (χ0) is 14.6. The fourth-order valence-electron chi connectivity index (χ4n) is 1.16. The molecule has 106 valence electrons. The molecule has 0 aliphatic carbocycles. The van der Waals surface area contributed by atoms with Crippen LogP contribution in [0.15, 0.2) is 18.2 Å².